The number of aliphatic hydroxyl groups excluding tert-OH is 1. The summed E-state index contributed by atoms with van der Waals surface area (Å²) >= 11 is 0. The fourth-order valence-electron chi connectivity index (χ4n) is 2.02. The number of hydrogen-bond donors (Lipinski definition) is 2. The Morgan fingerprint density at radius 1 is 1.50 bits per heavy atom. The average molecular weight is 222 g/mol. The molecule has 16 heavy (non-hydrogen) atoms. The number of aromatic nitrogens is 2. The van der Waals surface area contributed by atoms with Crippen molar-refractivity contribution in [3.05, 3.63) is 17.8 Å². The molecule has 5 nitrogen and oxygen atoms in total. The predicted molar refractivity (Wildman–Crippen MR) is 62.5 cm³/mol. The molecule has 0 bridgehead atoms. The number of rotatable bonds is 4. The van der Waals surface area contributed by atoms with Crippen LogP contribution in [-0.4, -0.2) is 53.5 Å². The highest BCUT2D eigenvalue weighted by Crippen LogP contribution is 2.24. The molecule has 1 aliphatic heterocycles. The number of aliphatic hydroxyl groups is 1. The lowest BCUT2D eigenvalue weighted by molar-refractivity contribution is 0.311. The van der Waals surface area contributed by atoms with Gasteiger partial charge in [-0.3, -0.25) is 0 Å². The van der Waals surface area contributed by atoms with E-state index in [1.54, 1.807) is 0 Å². The summed E-state index contributed by atoms with van der Waals surface area (Å²) in [6.07, 6.45) is 1.16. The number of nitrogens with zero attached hydrogens (tertiary/aromatic N) is 3. The molecule has 0 spiro atoms. The van der Waals surface area contributed by atoms with Crippen molar-refractivity contribution in [3.63, 3.8) is 0 Å². The Labute approximate surface area is 95.5 Å². The second-order valence-electron chi connectivity index (χ2n) is 4.24. The number of hydrogen-bond acceptors (Lipinski definition) is 5. The third-order valence-corrected chi connectivity index (χ3v) is 2.91. The first kappa shape index (κ1) is 11.3. The topological polar surface area (TPSA) is 61.3 Å². The Morgan fingerprint density at radius 3 is 2.94 bits per heavy atom. The molecule has 0 amide bonds. The fourth-order valence-corrected chi connectivity index (χ4v) is 2.02. The maximum absolute atomic E-state index is 8.67. The van der Waals surface area contributed by atoms with Gasteiger partial charge >= 0.3 is 0 Å². The Hall–Kier alpha value is -1.20. The van der Waals surface area contributed by atoms with Gasteiger partial charge in [-0.05, 0) is 32.1 Å². The Bertz CT molecular complexity index is 327. The molecule has 88 valence electrons. The predicted octanol–water partition coefficient (Wildman–Crippen LogP) is 0.300. The monoisotopic (exact) mass is 222 g/mol. The molecule has 1 aromatic heterocycles. The Kier molecular flexibility index (Phi) is 3.69. The first-order valence-corrected chi connectivity index (χ1v) is 5.66. The molecule has 1 aliphatic rings. The third kappa shape index (κ3) is 2.68. The largest absolute Gasteiger partial charge is 0.395 e. The quantitative estimate of drug-likeness (QED) is 0.767. The Balaban J connectivity index is 1.96. The van der Waals surface area contributed by atoms with Gasteiger partial charge in [-0.1, -0.05) is 0 Å². The van der Waals surface area contributed by atoms with Crippen LogP contribution in [0.4, 0.5) is 5.82 Å². The van der Waals surface area contributed by atoms with E-state index >= 15 is 0 Å². The van der Waals surface area contributed by atoms with Gasteiger partial charge in [0.15, 0.2) is 0 Å². The van der Waals surface area contributed by atoms with Crippen LogP contribution in [0.25, 0.3) is 0 Å². The van der Waals surface area contributed by atoms with Crippen molar-refractivity contribution >= 4 is 5.82 Å². The first-order chi connectivity index (χ1) is 7.79. The minimum atomic E-state index is 0.108. The van der Waals surface area contributed by atoms with E-state index in [9.17, 15) is 0 Å². The molecule has 2 N–H and O–H groups in total. The molecule has 1 saturated heterocycles. The van der Waals surface area contributed by atoms with Crippen molar-refractivity contribution in [2.24, 2.45) is 0 Å². The second-order valence-corrected chi connectivity index (χ2v) is 4.24. The van der Waals surface area contributed by atoms with Crippen LogP contribution in [0, 0.1) is 0 Å². The summed E-state index contributed by atoms with van der Waals surface area (Å²) in [5, 5.41) is 20.0. The summed E-state index contributed by atoms with van der Waals surface area (Å²) < 4.78 is 0. The molecule has 1 fully saturated rings. The summed E-state index contributed by atoms with van der Waals surface area (Å²) in [5.74, 6) is 1.24. The summed E-state index contributed by atoms with van der Waals surface area (Å²) in [5.41, 5.74) is 1.07. The van der Waals surface area contributed by atoms with Crippen LogP contribution in [0.15, 0.2) is 12.1 Å². The van der Waals surface area contributed by atoms with Gasteiger partial charge in [-0.15, -0.1) is 5.10 Å². The minimum Gasteiger partial charge on any atom is -0.395 e. The van der Waals surface area contributed by atoms with Crippen LogP contribution in [0.2, 0.25) is 0 Å². The highest BCUT2D eigenvalue weighted by Gasteiger charge is 2.22. The number of anilines is 1. The molecule has 2 rings (SSSR count). The van der Waals surface area contributed by atoms with Gasteiger partial charge in [0.25, 0.3) is 0 Å². The van der Waals surface area contributed by atoms with Crippen LogP contribution >= 0.6 is 0 Å². The van der Waals surface area contributed by atoms with Gasteiger partial charge in [0.05, 0.1) is 12.3 Å². The van der Waals surface area contributed by atoms with Gasteiger partial charge in [-0.25, -0.2) is 0 Å². The van der Waals surface area contributed by atoms with Crippen molar-refractivity contribution < 1.29 is 5.11 Å². The molecule has 1 aromatic rings. The van der Waals surface area contributed by atoms with Crippen molar-refractivity contribution in [3.8, 4) is 0 Å². The molecule has 0 aromatic carbocycles. The molecule has 1 atom stereocenters. The maximum atomic E-state index is 8.67. The lowest BCUT2D eigenvalue weighted by atomic mass is 10.1. The zero-order valence-electron chi connectivity index (χ0n) is 9.56. The Morgan fingerprint density at radius 2 is 2.38 bits per heavy atom. The molecule has 0 saturated carbocycles. The first-order valence-electron chi connectivity index (χ1n) is 5.66. The third-order valence-electron chi connectivity index (χ3n) is 2.91. The lowest BCUT2D eigenvalue weighted by Crippen LogP contribution is -2.14. The zero-order valence-corrected chi connectivity index (χ0v) is 9.56. The van der Waals surface area contributed by atoms with Crippen LogP contribution in [0.3, 0.4) is 0 Å². The SMILES string of the molecule is CN1CCC(c2ccc(NCCO)nn2)C1. The van der Waals surface area contributed by atoms with Crippen LogP contribution in [0.5, 0.6) is 0 Å². The number of likely N-dealkylation sites (N-methyl/N-ethyl adjacent to an activating group) is 1. The van der Waals surface area contributed by atoms with Crippen molar-refractivity contribution in [2.75, 3.05) is 38.6 Å². The van der Waals surface area contributed by atoms with Gasteiger partial charge in [0.1, 0.15) is 5.82 Å². The molecule has 5 heteroatoms. The summed E-state index contributed by atoms with van der Waals surface area (Å²) in [6, 6.07) is 3.95. The normalized spacial score (nSPS) is 21.2. The van der Waals surface area contributed by atoms with E-state index in [4.69, 9.17) is 5.11 Å². The molecule has 0 aliphatic carbocycles. The highest BCUT2D eigenvalue weighted by molar-refractivity contribution is 5.33. The lowest BCUT2D eigenvalue weighted by Gasteiger charge is -2.09. The molecular weight excluding hydrogens is 204 g/mol. The molecule has 1 unspecified atom stereocenters. The van der Waals surface area contributed by atoms with E-state index in [0.717, 1.165) is 31.0 Å². The van der Waals surface area contributed by atoms with E-state index in [1.165, 1.54) is 0 Å². The van der Waals surface area contributed by atoms with E-state index in [2.05, 4.69) is 27.5 Å². The van der Waals surface area contributed by atoms with E-state index in [-0.39, 0.29) is 6.61 Å². The molecular formula is C11H18N4O. The highest BCUT2D eigenvalue weighted by atomic mass is 16.3. The summed E-state index contributed by atoms with van der Waals surface area (Å²) in [4.78, 5) is 2.31. The van der Waals surface area contributed by atoms with Gasteiger partial charge in [-0.2, -0.15) is 5.10 Å². The maximum Gasteiger partial charge on any atom is 0.148 e. The second kappa shape index (κ2) is 5.23. The van der Waals surface area contributed by atoms with Crippen LogP contribution in [0.1, 0.15) is 18.0 Å². The van der Waals surface area contributed by atoms with Crippen molar-refractivity contribution in [1.29, 1.82) is 0 Å². The zero-order chi connectivity index (χ0) is 11.4. The fraction of sp³-hybridized carbons (Fsp3) is 0.636. The van der Waals surface area contributed by atoms with Crippen molar-refractivity contribution in [1.82, 2.24) is 15.1 Å². The summed E-state index contributed by atoms with van der Waals surface area (Å²) in [6.45, 7) is 2.83. The van der Waals surface area contributed by atoms with Crippen molar-refractivity contribution in [2.45, 2.75) is 12.3 Å². The van der Waals surface area contributed by atoms with Gasteiger partial charge in [0.2, 0.25) is 0 Å². The van der Waals surface area contributed by atoms with Gasteiger partial charge < -0.3 is 15.3 Å². The number of nitrogens with one attached hydrogen (secondary N) is 1. The molecule has 2 heterocycles. The smallest absolute Gasteiger partial charge is 0.148 e. The van der Waals surface area contributed by atoms with E-state index in [0.29, 0.717) is 12.5 Å². The summed E-state index contributed by atoms with van der Waals surface area (Å²) in [7, 11) is 2.13. The van der Waals surface area contributed by atoms with Crippen LogP contribution < -0.4 is 5.32 Å². The standard InChI is InChI=1S/C11H18N4O/c1-15-6-4-9(8-15)10-2-3-11(14-13-10)12-5-7-16/h2-3,9,16H,4-8H2,1H3,(H,12,14). The van der Waals surface area contributed by atoms with E-state index in [1.807, 2.05) is 12.1 Å². The minimum absolute atomic E-state index is 0.108. The molecule has 0 radical (unpaired) electrons. The van der Waals surface area contributed by atoms with Gasteiger partial charge in [0, 0.05) is 19.0 Å². The van der Waals surface area contributed by atoms with E-state index < -0.39 is 0 Å². The average Bonchev–Trinajstić information content (AvgIpc) is 2.74. The van der Waals surface area contributed by atoms with Crippen LogP contribution in [-0.2, 0) is 0 Å². The number of likely N-dealkylation sites (tertiary alicyclic amines) is 1.